The standard InChI is InChI=1S/C18H28N6O/c1-24(2)11-7-10-21-18-22-12-14(17(20)23-18)16(19)13-8-5-4-6-9-15(13)25-3/h4-5,8-9,12,16H,6-7,10-11,19H2,1-3H3,(H3,20,21,22,23). The van der Waals surface area contributed by atoms with E-state index in [4.69, 9.17) is 16.2 Å². The molecule has 7 heteroatoms. The van der Waals surface area contributed by atoms with Gasteiger partial charge in [0.15, 0.2) is 0 Å². The number of aromatic nitrogens is 2. The van der Waals surface area contributed by atoms with E-state index in [9.17, 15) is 0 Å². The zero-order chi connectivity index (χ0) is 18.2. The molecule has 0 radical (unpaired) electrons. The predicted octanol–water partition coefficient (Wildman–Crippen LogP) is 1.84. The van der Waals surface area contributed by atoms with Crippen LogP contribution in [0.4, 0.5) is 11.8 Å². The van der Waals surface area contributed by atoms with Gasteiger partial charge in [-0.25, -0.2) is 4.98 Å². The maximum Gasteiger partial charge on any atom is 0.224 e. The second kappa shape index (κ2) is 9.19. The molecule has 5 N–H and O–H groups in total. The molecule has 1 aliphatic rings. The molecule has 25 heavy (non-hydrogen) atoms. The van der Waals surface area contributed by atoms with E-state index in [1.807, 2.05) is 38.4 Å². The smallest absolute Gasteiger partial charge is 0.224 e. The van der Waals surface area contributed by atoms with Gasteiger partial charge >= 0.3 is 0 Å². The van der Waals surface area contributed by atoms with Crippen molar-refractivity contribution in [2.45, 2.75) is 18.9 Å². The number of hydrogen-bond acceptors (Lipinski definition) is 7. The largest absolute Gasteiger partial charge is 0.497 e. The lowest BCUT2D eigenvalue weighted by Crippen LogP contribution is -2.20. The molecule has 0 bridgehead atoms. The number of methoxy groups -OCH3 is 1. The van der Waals surface area contributed by atoms with Crippen molar-refractivity contribution in [3.63, 3.8) is 0 Å². The van der Waals surface area contributed by atoms with Crippen LogP contribution in [0.25, 0.3) is 0 Å². The first kappa shape index (κ1) is 19.0. The Labute approximate surface area is 149 Å². The number of hydrogen-bond donors (Lipinski definition) is 3. The van der Waals surface area contributed by atoms with E-state index in [-0.39, 0.29) is 0 Å². The molecule has 2 rings (SSSR count). The van der Waals surface area contributed by atoms with E-state index in [1.54, 1.807) is 13.3 Å². The van der Waals surface area contributed by atoms with Crippen molar-refractivity contribution < 1.29 is 4.74 Å². The van der Waals surface area contributed by atoms with E-state index in [2.05, 4.69) is 20.2 Å². The maximum absolute atomic E-state index is 6.40. The zero-order valence-corrected chi connectivity index (χ0v) is 15.2. The van der Waals surface area contributed by atoms with Crippen LogP contribution in [0.2, 0.25) is 0 Å². The quantitative estimate of drug-likeness (QED) is 0.618. The third-order valence-corrected chi connectivity index (χ3v) is 3.94. The van der Waals surface area contributed by atoms with Crippen molar-refractivity contribution in [2.75, 3.05) is 45.3 Å². The third kappa shape index (κ3) is 5.30. The summed E-state index contributed by atoms with van der Waals surface area (Å²) in [7, 11) is 5.73. The molecule has 0 saturated heterocycles. The van der Waals surface area contributed by atoms with Crippen LogP contribution in [0.1, 0.15) is 24.4 Å². The Balaban J connectivity index is 2.09. The normalized spacial score (nSPS) is 15.4. The summed E-state index contributed by atoms with van der Waals surface area (Å²) in [5, 5.41) is 3.18. The summed E-state index contributed by atoms with van der Waals surface area (Å²) in [6.07, 6.45) is 11.4. The fourth-order valence-corrected chi connectivity index (χ4v) is 2.58. The van der Waals surface area contributed by atoms with Crippen LogP contribution in [0.3, 0.4) is 0 Å². The van der Waals surface area contributed by atoms with Gasteiger partial charge in [-0.2, -0.15) is 4.98 Å². The topological polar surface area (TPSA) is 102 Å². The first-order valence-electron chi connectivity index (χ1n) is 8.40. The fourth-order valence-electron chi connectivity index (χ4n) is 2.58. The average molecular weight is 344 g/mol. The lowest BCUT2D eigenvalue weighted by Gasteiger charge is -2.19. The van der Waals surface area contributed by atoms with E-state index in [0.717, 1.165) is 37.3 Å². The first-order valence-corrected chi connectivity index (χ1v) is 8.40. The Hall–Kier alpha value is -2.38. The summed E-state index contributed by atoms with van der Waals surface area (Å²) >= 11 is 0. The summed E-state index contributed by atoms with van der Waals surface area (Å²) in [5.41, 5.74) is 14.1. The molecule has 0 aliphatic heterocycles. The lowest BCUT2D eigenvalue weighted by atomic mass is 9.99. The van der Waals surface area contributed by atoms with Crippen LogP contribution in [0, 0.1) is 0 Å². The molecule has 0 fully saturated rings. The number of nitrogen functional groups attached to an aromatic ring is 1. The van der Waals surface area contributed by atoms with E-state index in [1.165, 1.54) is 0 Å². The Morgan fingerprint density at radius 3 is 2.88 bits per heavy atom. The number of anilines is 2. The van der Waals surface area contributed by atoms with Gasteiger partial charge in [0.2, 0.25) is 5.95 Å². The molecular weight excluding hydrogens is 316 g/mol. The minimum absolute atomic E-state index is 0.377. The van der Waals surface area contributed by atoms with Crippen LogP contribution < -0.4 is 16.8 Å². The number of rotatable bonds is 8. The monoisotopic (exact) mass is 344 g/mol. The Bertz CT molecular complexity index is 666. The minimum atomic E-state index is -0.447. The van der Waals surface area contributed by atoms with Crippen LogP contribution in [0.15, 0.2) is 41.8 Å². The van der Waals surface area contributed by atoms with Crippen molar-refractivity contribution >= 4 is 11.8 Å². The molecule has 1 unspecified atom stereocenters. The minimum Gasteiger partial charge on any atom is -0.497 e. The molecule has 1 aliphatic carbocycles. The highest BCUT2D eigenvalue weighted by Gasteiger charge is 2.20. The Kier molecular flexibility index (Phi) is 6.97. The Morgan fingerprint density at radius 1 is 1.40 bits per heavy atom. The van der Waals surface area contributed by atoms with Crippen LogP contribution in [-0.4, -0.2) is 49.2 Å². The number of allylic oxidation sites excluding steroid dienone is 4. The van der Waals surface area contributed by atoms with Crippen molar-refractivity contribution in [3.8, 4) is 0 Å². The molecule has 1 aromatic heterocycles. The van der Waals surface area contributed by atoms with Gasteiger partial charge in [0.25, 0.3) is 0 Å². The fraction of sp³-hybridized carbons (Fsp3) is 0.444. The number of nitrogens with one attached hydrogen (secondary N) is 1. The molecule has 0 saturated carbocycles. The van der Waals surface area contributed by atoms with Gasteiger partial charge in [0, 0.05) is 23.9 Å². The zero-order valence-electron chi connectivity index (χ0n) is 15.2. The third-order valence-electron chi connectivity index (χ3n) is 3.94. The molecule has 0 amide bonds. The molecule has 1 aromatic rings. The van der Waals surface area contributed by atoms with E-state index < -0.39 is 6.04 Å². The molecule has 0 spiro atoms. The highest BCUT2D eigenvalue weighted by Crippen LogP contribution is 2.30. The maximum atomic E-state index is 6.40. The van der Waals surface area contributed by atoms with Crippen LogP contribution >= 0.6 is 0 Å². The van der Waals surface area contributed by atoms with Crippen molar-refractivity contribution in [1.29, 1.82) is 0 Å². The van der Waals surface area contributed by atoms with Gasteiger partial charge in [-0.1, -0.05) is 18.2 Å². The summed E-state index contributed by atoms with van der Waals surface area (Å²) < 4.78 is 5.45. The van der Waals surface area contributed by atoms with Crippen molar-refractivity contribution in [3.05, 3.63) is 47.4 Å². The SMILES string of the molecule is COC1=CCC=CC=C1C(N)c1cnc(NCCCN(C)C)nc1N. The molecule has 0 aromatic carbocycles. The number of ether oxygens (including phenoxy) is 1. The van der Waals surface area contributed by atoms with Gasteiger partial charge < -0.3 is 26.4 Å². The molecule has 7 nitrogen and oxygen atoms in total. The second-order valence-electron chi connectivity index (χ2n) is 6.15. The second-order valence-corrected chi connectivity index (χ2v) is 6.15. The highest BCUT2D eigenvalue weighted by atomic mass is 16.5. The van der Waals surface area contributed by atoms with Crippen LogP contribution in [0.5, 0.6) is 0 Å². The Morgan fingerprint density at radius 2 is 2.20 bits per heavy atom. The number of nitrogens with zero attached hydrogens (tertiary/aromatic N) is 3. The molecule has 1 atom stereocenters. The van der Waals surface area contributed by atoms with Crippen LogP contribution in [-0.2, 0) is 4.74 Å². The first-order chi connectivity index (χ1) is 12.0. The van der Waals surface area contributed by atoms with Gasteiger partial charge in [-0.3, -0.25) is 0 Å². The summed E-state index contributed by atoms with van der Waals surface area (Å²) in [6, 6.07) is -0.447. The molecular formula is C18H28N6O. The van der Waals surface area contributed by atoms with E-state index >= 15 is 0 Å². The highest BCUT2D eigenvalue weighted by molar-refractivity contribution is 5.50. The van der Waals surface area contributed by atoms with Gasteiger partial charge in [-0.05, 0) is 39.6 Å². The van der Waals surface area contributed by atoms with Gasteiger partial charge in [0.1, 0.15) is 11.6 Å². The van der Waals surface area contributed by atoms with Gasteiger partial charge in [0.05, 0.1) is 13.2 Å². The molecule has 1 heterocycles. The summed E-state index contributed by atoms with van der Waals surface area (Å²) in [6.45, 7) is 1.79. The number of nitrogens with two attached hydrogens (primary N) is 2. The predicted molar refractivity (Wildman–Crippen MR) is 102 cm³/mol. The van der Waals surface area contributed by atoms with Crippen molar-refractivity contribution in [1.82, 2.24) is 14.9 Å². The lowest BCUT2D eigenvalue weighted by molar-refractivity contribution is 0.295. The summed E-state index contributed by atoms with van der Waals surface area (Å²) in [5.74, 6) is 1.65. The van der Waals surface area contributed by atoms with Crippen molar-refractivity contribution in [2.24, 2.45) is 5.73 Å². The summed E-state index contributed by atoms with van der Waals surface area (Å²) in [4.78, 5) is 10.8. The van der Waals surface area contributed by atoms with E-state index in [0.29, 0.717) is 17.3 Å². The molecule has 136 valence electrons. The van der Waals surface area contributed by atoms with Gasteiger partial charge in [-0.15, -0.1) is 0 Å². The average Bonchev–Trinajstić information content (AvgIpc) is 2.83.